The first-order chi connectivity index (χ1) is 13.2. The Balaban J connectivity index is 1.58. The van der Waals surface area contributed by atoms with E-state index in [0.29, 0.717) is 31.2 Å². The molecule has 0 radical (unpaired) electrons. The van der Waals surface area contributed by atoms with Crippen LogP contribution in [0.3, 0.4) is 0 Å². The number of anilines is 2. The quantitative estimate of drug-likeness (QED) is 0.510. The van der Waals surface area contributed by atoms with Crippen LogP contribution in [0.25, 0.3) is 5.65 Å². The average Bonchev–Trinajstić information content (AvgIpc) is 3.09. The van der Waals surface area contributed by atoms with Gasteiger partial charge in [-0.1, -0.05) is 18.2 Å². The van der Waals surface area contributed by atoms with Crippen LogP contribution in [0.2, 0.25) is 0 Å². The number of aromatic nitrogens is 2. The summed E-state index contributed by atoms with van der Waals surface area (Å²) in [4.78, 5) is 20.0. The normalized spacial score (nSPS) is 14.6. The molecule has 0 aliphatic carbocycles. The van der Waals surface area contributed by atoms with Crippen molar-refractivity contribution < 1.29 is 9.66 Å². The molecule has 27 heavy (non-hydrogen) atoms. The number of para-hydroxylation sites is 2. The molecule has 8 heteroatoms. The Morgan fingerprint density at radius 3 is 2.52 bits per heavy atom. The van der Waals surface area contributed by atoms with Gasteiger partial charge in [-0.2, -0.15) is 9.38 Å². The molecule has 4 rings (SSSR count). The summed E-state index contributed by atoms with van der Waals surface area (Å²) in [5, 5.41) is 11.6. The number of hydrogen-bond donors (Lipinski definition) is 0. The van der Waals surface area contributed by atoms with Gasteiger partial charge in [0.05, 0.1) is 18.5 Å². The highest BCUT2D eigenvalue weighted by atomic mass is 16.6. The average molecular weight is 367 g/mol. The first-order valence-corrected chi connectivity index (χ1v) is 9.02. The zero-order valence-corrected chi connectivity index (χ0v) is 15.1. The van der Waals surface area contributed by atoms with Crippen molar-refractivity contribution in [2.75, 3.05) is 42.6 Å². The number of piperazine rings is 1. The first kappa shape index (κ1) is 17.1. The van der Waals surface area contributed by atoms with Crippen LogP contribution in [0.4, 0.5) is 17.3 Å². The van der Waals surface area contributed by atoms with Crippen molar-refractivity contribution in [2.45, 2.75) is 6.92 Å². The van der Waals surface area contributed by atoms with Crippen LogP contribution in [0.5, 0.6) is 5.75 Å². The maximum absolute atomic E-state index is 11.6. The number of rotatable bonds is 5. The lowest BCUT2D eigenvalue weighted by molar-refractivity contribution is -0.389. The number of pyridine rings is 1. The summed E-state index contributed by atoms with van der Waals surface area (Å²) >= 11 is 0. The SMILES string of the molecule is CCOc1ccccc1N1CCN(c2nc3ccccn3c2[N+](=O)[O-])CC1. The second-order valence-corrected chi connectivity index (χ2v) is 6.32. The number of ether oxygens (including phenoxy) is 1. The maximum atomic E-state index is 11.6. The smallest absolute Gasteiger partial charge is 0.372 e. The van der Waals surface area contributed by atoms with E-state index in [2.05, 4.69) is 9.88 Å². The summed E-state index contributed by atoms with van der Waals surface area (Å²) < 4.78 is 7.27. The van der Waals surface area contributed by atoms with Crippen LogP contribution in [-0.4, -0.2) is 47.1 Å². The summed E-state index contributed by atoms with van der Waals surface area (Å²) in [5.41, 5.74) is 1.65. The van der Waals surface area contributed by atoms with Gasteiger partial charge in [0.1, 0.15) is 5.75 Å². The van der Waals surface area contributed by atoms with Crippen molar-refractivity contribution in [3.8, 4) is 5.75 Å². The highest BCUT2D eigenvalue weighted by Gasteiger charge is 2.29. The second kappa shape index (κ2) is 7.14. The Kier molecular flexibility index (Phi) is 4.53. The monoisotopic (exact) mass is 367 g/mol. The van der Waals surface area contributed by atoms with Gasteiger partial charge in [0.25, 0.3) is 0 Å². The molecule has 1 aliphatic heterocycles. The van der Waals surface area contributed by atoms with Crippen molar-refractivity contribution in [3.05, 3.63) is 58.8 Å². The molecule has 0 atom stereocenters. The number of hydrogen-bond acceptors (Lipinski definition) is 6. The predicted octanol–water partition coefficient (Wildman–Crippen LogP) is 2.97. The Morgan fingerprint density at radius 2 is 1.78 bits per heavy atom. The number of nitrogens with zero attached hydrogens (tertiary/aromatic N) is 5. The van der Waals surface area contributed by atoms with E-state index >= 15 is 0 Å². The molecule has 2 aromatic heterocycles. The topological polar surface area (TPSA) is 76.2 Å². The van der Waals surface area contributed by atoms with Gasteiger partial charge in [0.2, 0.25) is 11.5 Å². The number of nitro groups is 1. The van der Waals surface area contributed by atoms with Crippen molar-refractivity contribution >= 4 is 23.0 Å². The van der Waals surface area contributed by atoms with Gasteiger partial charge in [-0.25, -0.2) is 0 Å². The number of benzene rings is 1. The van der Waals surface area contributed by atoms with Crippen molar-refractivity contribution in [1.82, 2.24) is 9.38 Å². The lowest BCUT2D eigenvalue weighted by atomic mass is 10.2. The maximum Gasteiger partial charge on any atom is 0.372 e. The lowest BCUT2D eigenvalue weighted by Gasteiger charge is -2.36. The largest absolute Gasteiger partial charge is 0.492 e. The summed E-state index contributed by atoms with van der Waals surface area (Å²) in [5.74, 6) is 1.32. The van der Waals surface area contributed by atoms with Crippen LogP contribution >= 0.6 is 0 Å². The third-order valence-corrected chi connectivity index (χ3v) is 4.74. The van der Waals surface area contributed by atoms with E-state index in [0.717, 1.165) is 24.5 Å². The molecule has 140 valence electrons. The van der Waals surface area contributed by atoms with Crippen molar-refractivity contribution in [3.63, 3.8) is 0 Å². The van der Waals surface area contributed by atoms with Gasteiger partial charge in [-0.05, 0) is 30.0 Å². The molecule has 3 heterocycles. The molecule has 1 saturated heterocycles. The fourth-order valence-corrected chi connectivity index (χ4v) is 3.51. The van der Waals surface area contributed by atoms with Crippen molar-refractivity contribution in [2.24, 2.45) is 0 Å². The number of imidazole rings is 1. The Bertz CT molecular complexity index is 963. The van der Waals surface area contributed by atoms with Gasteiger partial charge in [-0.3, -0.25) is 0 Å². The van der Waals surface area contributed by atoms with E-state index in [1.165, 1.54) is 4.40 Å². The molecular formula is C19H21N5O3. The first-order valence-electron chi connectivity index (χ1n) is 9.02. The van der Waals surface area contributed by atoms with Crippen LogP contribution in [0.1, 0.15) is 6.92 Å². The molecular weight excluding hydrogens is 346 g/mol. The molecule has 0 saturated carbocycles. The Labute approximate surface area is 156 Å². The molecule has 8 nitrogen and oxygen atoms in total. The minimum Gasteiger partial charge on any atom is -0.492 e. The van der Waals surface area contributed by atoms with Gasteiger partial charge in [0, 0.05) is 32.2 Å². The Morgan fingerprint density at radius 1 is 1.07 bits per heavy atom. The summed E-state index contributed by atoms with van der Waals surface area (Å²) in [6, 6.07) is 13.4. The molecule has 0 spiro atoms. The fourth-order valence-electron chi connectivity index (χ4n) is 3.51. The van der Waals surface area contributed by atoms with Gasteiger partial charge in [-0.15, -0.1) is 0 Å². The third kappa shape index (κ3) is 3.14. The molecule has 0 bridgehead atoms. The van der Waals surface area contributed by atoms with Crippen LogP contribution in [-0.2, 0) is 0 Å². The van der Waals surface area contributed by atoms with E-state index in [9.17, 15) is 10.1 Å². The molecule has 1 aromatic carbocycles. The van der Waals surface area contributed by atoms with Crippen molar-refractivity contribution in [1.29, 1.82) is 0 Å². The van der Waals surface area contributed by atoms with E-state index in [1.54, 1.807) is 18.3 Å². The summed E-state index contributed by atoms with van der Waals surface area (Å²) in [6.45, 7) is 5.39. The van der Waals surface area contributed by atoms with Crippen LogP contribution in [0.15, 0.2) is 48.7 Å². The van der Waals surface area contributed by atoms with E-state index in [-0.39, 0.29) is 10.7 Å². The second-order valence-electron chi connectivity index (χ2n) is 6.32. The molecule has 3 aromatic rings. The minimum absolute atomic E-state index is 0.0220. The predicted molar refractivity (Wildman–Crippen MR) is 104 cm³/mol. The third-order valence-electron chi connectivity index (χ3n) is 4.74. The molecule has 1 aliphatic rings. The fraction of sp³-hybridized carbons (Fsp3) is 0.316. The molecule has 1 fully saturated rings. The zero-order chi connectivity index (χ0) is 18.8. The van der Waals surface area contributed by atoms with E-state index < -0.39 is 0 Å². The Hall–Kier alpha value is -3.29. The zero-order valence-electron chi connectivity index (χ0n) is 15.1. The van der Waals surface area contributed by atoms with Crippen LogP contribution < -0.4 is 14.5 Å². The standard InChI is InChI=1S/C19H21N5O3/c1-2-27-16-8-4-3-7-15(16)21-11-13-22(14-12-21)18-19(24(25)26)23-10-6-5-9-17(23)20-18/h3-10H,2,11-14H2,1H3. The highest BCUT2D eigenvalue weighted by molar-refractivity contribution is 5.65. The highest BCUT2D eigenvalue weighted by Crippen LogP contribution is 2.32. The van der Waals surface area contributed by atoms with E-state index in [4.69, 9.17) is 4.74 Å². The van der Waals surface area contributed by atoms with Gasteiger partial charge < -0.3 is 24.7 Å². The summed E-state index contributed by atoms with van der Waals surface area (Å²) in [6.07, 6.45) is 1.68. The minimum atomic E-state index is -0.355. The van der Waals surface area contributed by atoms with Gasteiger partial charge in [0.15, 0.2) is 0 Å². The lowest BCUT2D eigenvalue weighted by Crippen LogP contribution is -2.47. The molecule has 0 amide bonds. The molecule has 0 unspecified atom stereocenters. The van der Waals surface area contributed by atoms with Crippen LogP contribution in [0, 0.1) is 10.1 Å². The number of fused-ring (bicyclic) bond motifs is 1. The summed E-state index contributed by atoms with van der Waals surface area (Å²) in [7, 11) is 0. The van der Waals surface area contributed by atoms with Gasteiger partial charge >= 0.3 is 5.82 Å². The molecule has 0 N–H and O–H groups in total. The van der Waals surface area contributed by atoms with E-state index in [1.807, 2.05) is 42.2 Å².